The van der Waals surface area contributed by atoms with Gasteiger partial charge in [-0.05, 0) is 31.2 Å². The number of carbonyl (C=O) groups is 1. The summed E-state index contributed by atoms with van der Waals surface area (Å²) in [5.41, 5.74) is 6.75. The summed E-state index contributed by atoms with van der Waals surface area (Å²) >= 11 is 7.15. The predicted octanol–water partition coefficient (Wildman–Crippen LogP) is 3.97. The van der Waals surface area contributed by atoms with Crippen molar-refractivity contribution in [2.45, 2.75) is 6.92 Å². The second-order valence-corrected chi connectivity index (χ2v) is 5.20. The minimum absolute atomic E-state index is 0.275. The molecule has 3 nitrogen and oxygen atoms in total. The van der Waals surface area contributed by atoms with Crippen LogP contribution in [0.15, 0.2) is 24.3 Å². The van der Waals surface area contributed by atoms with E-state index in [1.165, 1.54) is 23.5 Å². The first-order valence-electron chi connectivity index (χ1n) is 5.54. The van der Waals surface area contributed by atoms with Crippen LogP contribution < -0.4 is 5.73 Å². The van der Waals surface area contributed by atoms with Crippen LogP contribution in [-0.2, 0) is 4.74 Å². The molecule has 0 unspecified atom stereocenters. The molecule has 0 aliphatic heterocycles. The van der Waals surface area contributed by atoms with Crippen molar-refractivity contribution < 1.29 is 13.9 Å². The molecule has 0 amide bonds. The molecule has 0 fully saturated rings. The Morgan fingerprint density at radius 1 is 1.47 bits per heavy atom. The molecule has 0 atom stereocenters. The number of halogens is 2. The number of ether oxygens (including phenoxy) is 1. The number of nitrogens with two attached hydrogens (primary N) is 1. The van der Waals surface area contributed by atoms with Gasteiger partial charge < -0.3 is 10.5 Å². The minimum Gasteiger partial charge on any atom is -0.462 e. The van der Waals surface area contributed by atoms with Crippen molar-refractivity contribution in [2.75, 3.05) is 12.3 Å². The van der Waals surface area contributed by atoms with Gasteiger partial charge in [-0.25, -0.2) is 9.18 Å². The molecule has 0 aliphatic carbocycles. The molecular formula is C13H11ClFNO2S. The third-order valence-electron chi connectivity index (χ3n) is 2.42. The van der Waals surface area contributed by atoms with Crippen LogP contribution in [0.1, 0.15) is 16.6 Å². The van der Waals surface area contributed by atoms with Crippen molar-refractivity contribution in [2.24, 2.45) is 0 Å². The first-order valence-corrected chi connectivity index (χ1v) is 6.74. The summed E-state index contributed by atoms with van der Waals surface area (Å²) in [4.78, 5) is 12.7. The van der Waals surface area contributed by atoms with Crippen molar-refractivity contribution >= 4 is 34.6 Å². The molecule has 0 aliphatic rings. The number of hydrogen-bond acceptors (Lipinski definition) is 4. The van der Waals surface area contributed by atoms with Gasteiger partial charge in [-0.15, -0.1) is 11.3 Å². The topological polar surface area (TPSA) is 52.3 Å². The highest BCUT2D eigenvalue weighted by atomic mass is 35.5. The lowest BCUT2D eigenvalue weighted by molar-refractivity contribution is 0.0533. The van der Waals surface area contributed by atoms with E-state index in [2.05, 4.69) is 0 Å². The third kappa shape index (κ3) is 2.88. The Labute approximate surface area is 118 Å². The summed E-state index contributed by atoms with van der Waals surface area (Å²) in [6.45, 7) is 2.00. The first-order chi connectivity index (χ1) is 9.02. The smallest absolute Gasteiger partial charge is 0.350 e. The van der Waals surface area contributed by atoms with Crippen molar-refractivity contribution in [1.82, 2.24) is 0 Å². The number of carbonyl (C=O) groups excluding carboxylic acids is 1. The summed E-state index contributed by atoms with van der Waals surface area (Å²) in [5, 5.41) is 0.275. The minimum atomic E-state index is -0.463. The lowest BCUT2D eigenvalue weighted by atomic mass is 10.2. The summed E-state index contributed by atoms with van der Waals surface area (Å²) in [6, 6.07) is 5.71. The van der Waals surface area contributed by atoms with E-state index < -0.39 is 11.8 Å². The van der Waals surface area contributed by atoms with Crippen LogP contribution in [0.3, 0.4) is 0 Å². The van der Waals surface area contributed by atoms with E-state index in [9.17, 15) is 9.18 Å². The van der Waals surface area contributed by atoms with Crippen LogP contribution in [0, 0.1) is 5.82 Å². The van der Waals surface area contributed by atoms with E-state index in [4.69, 9.17) is 22.1 Å². The molecule has 6 heteroatoms. The highest BCUT2D eigenvalue weighted by Crippen LogP contribution is 2.37. The Hall–Kier alpha value is -1.59. The van der Waals surface area contributed by atoms with Crippen molar-refractivity contribution in [3.05, 3.63) is 40.0 Å². The van der Waals surface area contributed by atoms with Crippen LogP contribution in [0.5, 0.6) is 0 Å². The van der Waals surface area contributed by atoms with Crippen LogP contribution in [-0.4, -0.2) is 12.6 Å². The predicted molar refractivity (Wildman–Crippen MR) is 75.1 cm³/mol. The zero-order chi connectivity index (χ0) is 14.0. The summed E-state index contributed by atoms with van der Waals surface area (Å²) in [6.07, 6.45) is 0. The molecular weight excluding hydrogens is 289 g/mol. The van der Waals surface area contributed by atoms with E-state index in [0.717, 1.165) is 0 Å². The van der Waals surface area contributed by atoms with Gasteiger partial charge in [-0.1, -0.05) is 11.6 Å². The van der Waals surface area contributed by atoms with Crippen molar-refractivity contribution in [1.29, 1.82) is 0 Å². The third-order valence-corrected chi connectivity index (χ3v) is 3.90. The second kappa shape index (κ2) is 5.59. The fraction of sp³-hybridized carbons (Fsp3) is 0.154. The molecule has 0 spiro atoms. The van der Waals surface area contributed by atoms with Crippen LogP contribution in [0.4, 0.5) is 10.1 Å². The van der Waals surface area contributed by atoms with E-state index in [0.29, 0.717) is 21.0 Å². The lowest BCUT2D eigenvalue weighted by Gasteiger charge is -2.01. The van der Waals surface area contributed by atoms with E-state index >= 15 is 0 Å². The van der Waals surface area contributed by atoms with Gasteiger partial charge in [0.15, 0.2) is 0 Å². The zero-order valence-electron chi connectivity index (χ0n) is 10.1. The summed E-state index contributed by atoms with van der Waals surface area (Å²) < 4.78 is 17.9. The zero-order valence-corrected chi connectivity index (χ0v) is 11.6. The van der Waals surface area contributed by atoms with Gasteiger partial charge in [0, 0.05) is 10.4 Å². The standard InChI is InChI=1S/C13H11ClFNO2S/c1-2-18-13(17)12-10(16)6-11(19-12)8-4-3-7(15)5-9(8)14/h3-6H,2,16H2,1H3. The molecule has 0 saturated carbocycles. The molecule has 2 rings (SSSR count). The largest absolute Gasteiger partial charge is 0.462 e. The Morgan fingerprint density at radius 3 is 2.84 bits per heavy atom. The first kappa shape index (κ1) is 13.8. The highest BCUT2D eigenvalue weighted by molar-refractivity contribution is 7.18. The van der Waals surface area contributed by atoms with E-state index in [1.807, 2.05) is 0 Å². The SMILES string of the molecule is CCOC(=O)c1sc(-c2ccc(F)cc2Cl)cc1N. The van der Waals surface area contributed by atoms with Crippen molar-refractivity contribution in [3.63, 3.8) is 0 Å². The van der Waals surface area contributed by atoms with Crippen LogP contribution >= 0.6 is 22.9 Å². The maximum atomic E-state index is 13.0. The Morgan fingerprint density at radius 2 is 2.21 bits per heavy atom. The maximum Gasteiger partial charge on any atom is 0.350 e. The summed E-state index contributed by atoms with van der Waals surface area (Å²) in [7, 11) is 0. The highest BCUT2D eigenvalue weighted by Gasteiger charge is 2.17. The molecule has 1 heterocycles. The average molecular weight is 300 g/mol. The summed E-state index contributed by atoms with van der Waals surface area (Å²) in [5.74, 6) is -0.877. The van der Waals surface area contributed by atoms with Gasteiger partial charge in [0.1, 0.15) is 10.7 Å². The molecule has 0 bridgehead atoms. The molecule has 2 aromatic rings. The fourth-order valence-electron chi connectivity index (χ4n) is 1.58. The maximum absolute atomic E-state index is 13.0. The second-order valence-electron chi connectivity index (χ2n) is 3.74. The van der Waals surface area contributed by atoms with Crippen LogP contribution in [0.2, 0.25) is 5.02 Å². The fourth-order valence-corrected chi connectivity index (χ4v) is 2.92. The van der Waals surface area contributed by atoms with Crippen LogP contribution in [0.25, 0.3) is 10.4 Å². The Kier molecular flexibility index (Phi) is 4.07. The van der Waals surface area contributed by atoms with Gasteiger partial charge >= 0.3 is 5.97 Å². The van der Waals surface area contributed by atoms with Gasteiger partial charge in [0.05, 0.1) is 17.3 Å². The Balaban J connectivity index is 2.42. The van der Waals surface area contributed by atoms with Crippen molar-refractivity contribution in [3.8, 4) is 10.4 Å². The lowest BCUT2D eigenvalue weighted by Crippen LogP contribution is -2.04. The molecule has 2 N–H and O–H groups in total. The molecule has 0 radical (unpaired) electrons. The number of benzene rings is 1. The molecule has 1 aromatic carbocycles. The molecule has 0 saturated heterocycles. The molecule has 100 valence electrons. The quantitative estimate of drug-likeness (QED) is 0.873. The number of esters is 1. The van der Waals surface area contributed by atoms with Gasteiger partial charge in [-0.3, -0.25) is 0 Å². The number of hydrogen-bond donors (Lipinski definition) is 1. The number of rotatable bonds is 3. The van der Waals surface area contributed by atoms with E-state index in [-0.39, 0.29) is 11.6 Å². The normalized spacial score (nSPS) is 10.5. The number of thiophene rings is 1. The monoisotopic (exact) mass is 299 g/mol. The van der Waals surface area contributed by atoms with Gasteiger partial charge in [0.25, 0.3) is 0 Å². The Bertz CT molecular complexity index is 627. The number of anilines is 1. The molecule has 1 aromatic heterocycles. The average Bonchev–Trinajstić information content (AvgIpc) is 2.71. The van der Waals surface area contributed by atoms with E-state index in [1.54, 1.807) is 19.1 Å². The number of nitrogen functional groups attached to an aromatic ring is 1. The van der Waals surface area contributed by atoms with Gasteiger partial charge in [-0.2, -0.15) is 0 Å². The molecule has 19 heavy (non-hydrogen) atoms. The van der Waals surface area contributed by atoms with Gasteiger partial charge in [0.2, 0.25) is 0 Å².